The van der Waals surface area contributed by atoms with Gasteiger partial charge in [0.05, 0.1) is 0 Å². The molecular formula is C64H46B2O4. The van der Waals surface area contributed by atoms with Crippen molar-refractivity contribution < 1.29 is 18.9 Å². The molecule has 0 radical (unpaired) electrons. The molecule has 0 aliphatic carbocycles. The molecule has 0 N–H and O–H groups in total. The van der Waals surface area contributed by atoms with E-state index in [0.717, 1.165) is 79.1 Å². The van der Waals surface area contributed by atoms with Gasteiger partial charge >= 0.3 is 0 Å². The largest absolute Gasteiger partial charge is 0.458 e. The van der Waals surface area contributed by atoms with Crippen LogP contribution in [0.25, 0.3) is 44.5 Å². The summed E-state index contributed by atoms with van der Waals surface area (Å²) in [5, 5.41) is 0. The van der Waals surface area contributed by atoms with Crippen LogP contribution in [-0.2, 0) is 0 Å². The summed E-state index contributed by atoms with van der Waals surface area (Å²) in [5.41, 5.74) is 21.3. The molecule has 0 bridgehead atoms. The number of para-hydroxylation sites is 2. The van der Waals surface area contributed by atoms with Crippen LogP contribution >= 0.6 is 0 Å². The molecule has 10 aromatic carbocycles. The molecule has 0 unspecified atom stereocenters. The zero-order valence-corrected chi connectivity index (χ0v) is 39.4. The van der Waals surface area contributed by atoms with E-state index in [2.05, 4.69) is 204 Å². The molecule has 4 aliphatic rings. The van der Waals surface area contributed by atoms with E-state index in [4.69, 9.17) is 18.9 Å². The Bertz CT molecular complexity index is 3760. The Hall–Kier alpha value is -8.47. The average molecular weight is 901 g/mol. The lowest BCUT2D eigenvalue weighted by molar-refractivity contribution is 0.464. The SMILES string of the molecule is Cc1ccccc1-c1ccc2c(c1)Oc1cc(-c3ccccc3C)cc3c1B2c1cccc(-c2ccccc2C)c1O3.Cc1ccccc1-c1ccc2c(c1)Oc1cccc3c1B2c1ccccc1O3. The second-order valence-corrected chi connectivity index (χ2v) is 18.9. The molecule has 4 nitrogen and oxygen atoms in total. The predicted molar refractivity (Wildman–Crippen MR) is 289 cm³/mol. The van der Waals surface area contributed by atoms with E-state index >= 15 is 0 Å². The van der Waals surface area contributed by atoms with Crippen molar-refractivity contribution in [2.45, 2.75) is 27.7 Å². The first kappa shape index (κ1) is 41.7. The number of aryl methyl sites for hydroxylation is 4. The third kappa shape index (κ3) is 6.85. The third-order valence-electron chi connectivity index (χ3n) is 14.6. The molecule has 14 rings (SSSR count). The minimum atomic E-state index is 0.00306. The molecule has 4 heterocycles. The van der Waals surface area contributed by atoms with Crippen LogP contribution in [0.1, 0.15) is 22.3 Å². The van der Waals surface area contributed by atoms with E-state index in [1.807, 2.05) is 30.3 Å². The van der Waals surface area contributed by atoms with Crippen molar-refractivity contribution in [1.82, 2.24) is 0 Å². The molecule has 0 aromatic heterocycles. The summed E-state index contributed by atoms with van der Waals surface area (Å²) in [4.78, 5) is 0. The monoisotopic (exact) mass is 900 g/mol. The Morgan fingerprint density at radius 2 is 0.629 bits per heavy atom. The van der Waals surface area contributed by atoms with Crippen LogP contribution < -0.4 is 51.7 Å². The lowest BCUT2D eigenvalue weighted by Gasteiger charge is -2.34. The number of fused-ring (bicyclic) bond motifs is 8. The van der Waals surface area contributed by atoms with Crippen molar-refractivity contribution in [3.05, 3.63) is 229 Å². The fourth-order valence-electron chi connectivity index (χ4n) is 11.2. The molecule has 332 valence electrons. The fourth-order valence-corrected chi connectivity index (χ4v) is 11.2. The second kappa shape index (κ2) is 16.6. The Kier molecular flexibility index (Phi) is 9.91. The first-order valence-electron chi connectivity index (χ1n) is 24.1. The highest BCUT2D eigenvalue weighted by Gasteiger charge is 2.42. The maximum absolute atomic E-state index is 6.91. The summed E-state index contributed by atoms with van der Waals surface area (Å²) in [7, 11) is 0. The van der Waals surface area contributed by atoms with Gasteiger partial charge in [-0.25, -0.2) is 0 Å². The van der Waals surface area contributed by atoms with Crippen LogP contribution in [0.5, 0.6) is 46.0 Å². The standard InChI is InChI=1S/C39H29BO2.C25H17BO2/c1-24-11-4-7-14-29(24)27-19-20-33-35(21-27)41-36-22-28(30-15-8-5-12-25(30)2)23-37-38(36)40(33)34-18-10-17-32(39(34)42-37)31-16-9-6-13-26(31)3;1-16-7-2-3-8-18(16)17-13-14-20-24(15-17)28-23-12-6-11-22-25(23)26(20)19-9-4-5-10-21(19)27-22/h4-23H,1-3H3;2-15H,1H3. The molecule has 0 atom stereocenters. The van der Waals surface area contributed by atoms with Crippen molar-refractivity contribution in [3.63, 3.8) is 0 Å². The molecule has 0 fully saturated rings. The van der Waals surface area contributed by atoms with Crippen LogP contribution in [0.3, 0.4) is 0 Å². The minimum absolute atomic E-state index is 0.00306. The second-order valence-electron chi connectivity index (χ2n) is 18.9. The summed E-state index contributed by atoms with van der Waals surface area (Å²) in [6.45, 7) is 8.75. The van der Waals surface area contributed by atoms with Gasteiger partial charge < -0.3 is 18.9 Å². The highest BCUT2D eigenvalue weighted by molar-refractivity contribution is 6.99. The highest BCUT2D eigenvalue weighted by atomic mass is 16.5. The van der Waals surface area contributed by atoms with Gasteiger partial charge in [-0.2, -0.15) is 0 Å². The smallest absolute Gasteiger partial charge is 0.260 e. The van der Waals surface area contributed by atoms with Crippen LogP contribution in [0.4, 0.5) is 0 Å². The summed E-state index contributed by atoms with van der Waals surface area (Å²) in [6.07, 6.45) is 0. The molecule has 6 heteroatoms. The van der Waals surface area contributed by atoms with Crippen LogP contribution in [-0.4, -0.2) is 13.4 Å². The van der Waals surface area contributed by atoms with Gasteiger partial charge in [0.2, 0.25) is 0 Å². The van der Waals surface area contributed by atoms with E-state index in [-0.39, 0.29) is 13.4 Å². The van der Waals surface area contributed by atoms with Crippen molar-refractivity contribution >= 4 is 46.2 Å². The summed E-state index contributed by atoms with van der Waals surface area (Å²) in [5.74, 6) is 7.15. The zero-order valence-electron chi connectivity index (χ0n) is 39.4. The van der Waals surface area contributed by atoms with Gasteiger partial charge in [0.1, 0.15) is 46.0 Å². The van der Waals surface area contributed by atoms with Crippen LogP contribution in [0, 0.1) is 27.7 Å². The van der Waals surface area contributed by atoms with Crippen LogP contribution in [0.15, 0.2) is 206 Å². The molecule has 4 aliphatic heterocycles. The Labute approximate surface area is 409 Å². The first-order valence-corrected chi connectivity index (χ1v) is 24.1. The van der Waals surface area contributed by atoms with E-state index in [1.54, 1.807) is 0 Å². The molecule has 0 spiro atoms. The predicted octanol–water partition coefficient (Wildman–Crippen LogP) is 12.7. The van der Waals surface area contributed by atoms with Gasteiger partial charge in [0.25, 0.3) is 13.4 Å². The Morgan fingerprint density at radius 3 is 1.21 bits per heavy atom. The van der Waals surface area contributed by atoms with Gasteiger partial charge in [0, 0.05) is 16.5 Å². The fraction of sp³-hybridized carbons (Fsp3) is 0.0625. The normalized spacial score (nSPS) is 12.7. The van der Waals surface area contributed by atoms with E-state index in [1.165, 1.54) is 66.5 Å². The quantitative estimate of drug-likeness (QED) is 0.165. The molecule has 10 aromatic rings. The van der Waals surface area contributed by atoms with E-state index in [9.17, 15) is 0 Å². The number of rotatable bonds is 4. The van der Waals surface area contributed by atoms with Crippen molar-refractivity contribution in [2.24, 2.45) is 0 Å². The van der Waals surface area contributed by atoms with E-state index < -0.39 is 0 Å². The lowest BCUT2D eigenvalue weighted by Crippen LogP contribution is -2.57. The highest BCUT2D eigenvalue weighted by Crippen LogP contribution is 2.43. The molecule has 70 heavy (non-hydrogen) atoms. The number of ether oxygens (including phenoxy) is 4. The summed E-state index contributed by atoms with van der Waals surface area (Å²) in [6, 6.07) is 72.6. The van der Waals surface area contributed by atoms with Gasteiger partial charge in [-0.15, -0.1) is 0 Å². The van der Waals surface area contributed by atoms with E-state index in [0.29, 0.717) is 0 Å². The van der Waals surface area contributed by atoms with Crippen molar-refractivity contribution in [3.8, 4) is 90.5 Å². The van der Waals surface area contributed by atoms with Gasteiger partial charge in [0.15, 0.2) is 0 Å². The minimum Gasteiger partial charge on any atom is -0.458 e. The van der Waals surface area contributed by atoms with Gasteiger partial charge in [-0.05, 0) is 153 Å². The van der Waals surface area contributed by atoms with Crippen molar-refractivity contribution in [2.75, 3.05) is 0 Å². The molecule has 0 amide bonds. The van der Waals surface area contributed by atoms with Crippen LogP contribution in [0.2, 0.25) is 0 Å². The molecule has 0 saturated carbocycles. The number of hydrogen-bond donors (Lipinski definition) is 0. The topological polar surface area (TPSA) is 36.9 Å². The number of hydrogen-bond acceptors (Lipinski definition) is 4. The third-order valence-corrected chi connectivity index (χ3v) is 14.6. The maximum Gasteiger partial charge on any atom is 0.260 e. The maximum atomic E-state index is 6.91. The van der Waals surface area contributed by atoms with Crippen molar-refractivity contribution in [1.29, 1.82) is 0 Å². The molecule has 0 saturated heterocycles. The Morgan fingerprint density at radius 1 is 0.257 bits per heavy atom. The lowest BCUT2D eigenvalue weighted by atomic mass is 9.34. The zero-order chi connectivity index (χ0) is 47.0. The Balaban J connectivity index is 0.000000149. The number of benzene rings is 10. The molecular weight excluding hydrogens is 854 g/mol. The first-order chi connectivity index (χ1) is 34.4. The summed E-state index contributed by atoms with van der Waals surface area (Å²) < 4.78 is 26.2. The average Bonchev–Trinajstić information content (AvgIpc) is 3.38. The summed E-state index contributed by atoms with van der Waals surface area (Å²) >= 11 is 0. The van der Waals surface area contributed by atoms with Gasteiger partial charge in [-0.1, -0.05) is 164 Å². The van der Waals surface area contributed by atoms with Gasteiger partial charge in [-0.3, -0.25) is 0 Å².